The van der Waals surface area contributed by atoms with E-state index in [4.69, 9.17) is 5.73 Å². The molecule has 3 nitrogen and oxygen atoms in total. The maximum Gasteiger partial charge on any atom is 0.248 e. The van der Waals surface area contributed by atoms with Crippen LogP contribution >= 0.6 is 0 Å². The second-order valence-corrected chi connectivity index (χ2v) is 3.30. The molecule has 0 atom stereocenters. The van der Waals surface area contributed by atoms with Gasteiger partial charge in [-0.15, -0.1) is 0 Å². The van der Waals surface area contributed by atoms with Crippen molar-refractivity contribution in [2.45, 2.75) is 13.8 Å². The second kappa shape index (κ2) is 4.46. The van der Waals surface area contributed by atoms with E-state index < -0.39 is 0 Å². The van der Waals surface area contributed by atoms with Gasteiger partial charge in [0.2, 0.25) is 5.91 Å². The van der Waals surface area contributed by atoms with E-state index in [-0.39, 0.29) is 5.91 Å². The standard InChI is InChI=1S/C11H14N2O/c1-8(2)7-11(14)13-10-6-4-3-5-9(10)12/h3-7H,12H2,1-2H3,(H,13,14). The predicted molar refractivity (Wildman–Crippen MR) is 58.9 cm³/mol. The van der Waals surface area contributed by atoms with Crippen molar-refractivity contribution >= 4 is 17.3 Å². The number of nitrogens with one attached hydrogen (secondary N) is 1. The Morgan fingerprint density at radius 1 is 1.36 bits per heavy atom. The summed E-state index contributed by atoms with van der Waals surface area (Å²) in [6, 6.07) is 7.17. The molecule has 0 aliphatic carbocycles. The van der Waals surface area contributed by atoms with Crippen LogP contribution in [0.25, 0.3) is 0 Å². The fraction of sp³-hybridized carbons (Fsp3) is 0.182. The molecule has 14 heavy (non-hydrogen) atoms. The lowest BCUT2D eigenvalue weighted by Gasteiger charge is -2.05. The number of nitrogen functional groups attached to an aromatic ring is 1. The molecule has 0 fully saturated rings. The molecule has 0 saturated heterocycles. The van der Waals surface area contributed by atoms with Crippen LogP contribution in [-0.4, -0.2) is 5.91 Å². The summed E-state index contributed by atoms with van der Waals surface area (Å²) in [5.74, 6) is -0.150. The number of hydrogen-bond donors (Lipinski definition) is 2. The third-order valence-electron chi connectivity index (χ3n) is 1.64. The average molecular weight is 190 g/mol. The van der Waals surface area contributed by atoms with E-state index in [9.17, 15) is 4.79 Å². The van der Waals surface area contributed by atoms with Crippen LogP contribution in [0.4, 0.5) is 11.4 Å². The molecule has 0 heterocycles. The van der Waals surface area contributed by atoms with Gasteiger partial charge in [-0.3, -0.25) is 4.79 Å². The molecule has 74 valence electrons. The van der Waals surface area contributed by atoms with E-state index in [0.717, 1.165) is 5.57 Å². The van der Waals surface area contributed by atoms with Crippen LogP contribution in [0.3, 0.4) is 0 Å². The topological polar surface area (TPSA) is 55.1 Å². The van der Waals surface area contributed by atoms with Crippen LogP contribution < -0.4 is 11.1 Å². The van der Waals surface area contributed by atoms with Gasteiger partial charge in [0, 0.05) is 6.08 Å². The van der Waals surface area contributed by atoms with Crippen LogP contribution in [0.2, 0.25) is 0 Å². The number of para-hydroxylation sites is 2. The summed E-state index contributed by atoms with van der Waals surface area (Å²) in [6.45, 7) is 3.74. The van der Waals surface area contributed by atoms with Crippen molar-refractivity contribution in [3.8, 4) is 0 Å². The number of nitrogens with two attached hydrogens (primary N) is 1. The molecule has 0 radical (unpaired) electrons. The van der Waals surface area contributed by atoms with Gasteiger partial charge >= 0.3 is 0 Å². The molecule has 0 aliphatic heterocycles. The molecular formula is C11H14N2O. The van der Waals surface area contributed by atoms with Crippen molar-refractivity contribution in [2.24, 2.45) is 0 Å². The minimum atomic E-state index is -0.150. The Balaban J connectivity index is 2.75. The summed E-state index contributed by atoms with van der Waals surface area (Å²) in [6.07, 6.45) is 1.53. The van der Waals surface area contributed by atoms with Gasteiger partial charge in [0.1, 0.15) is 0 Å². The molecular weight excluding hydrogens is 176 g/mol. The minimum Gasteiger partial charge on any atom is -0.397 e. The lowest BCUT2D eigenvalue weighted by Crippen LogP contribution is -2.09. The Morgan fingerprint density at radius 3 is 2.57 bits per heavy atom. The summed E-state index contributed by atoms with van der Waals surface area (Å²) >= 11 is 0. The average Bonchev–Trinajstić information content (AvgIpc) is 2.07. The van der Waals surface area contributed by atoms with Crippen molar-refractivity contribution in [3.63, 3.8) is 0 Å². The maximum absolute atomic E-state index is 11.3. The Kier molecular flexibility index (Phi) is 3.29. The van der Waals surface area contributed by atoms with Crippen molar-refractivity contribution in [3.05, 3.63) is 35.9 Å². The molecule has 0 saturated carbocycles. The monoisotopic (exact) mass is 190 g/mol. The minimum absolute atomic E-state index is 0.150. The molecule has 0 aromatic heterocycles. The SMILES string of the molecule is CC(C)=CC(=O)Nc1ccccc1N. The fourth-order valence-electron chi connectivity index (χ4n) is 1.04. The maximum atomic E-state index is 11.3. The summed E-state index contributed by atoms with van der Waals surface area (Å²) in [5, 5.41) is 2.70. The largest absolute Gasteiger partial charge is 0.397 e. The lowest BCUT2D eigenvalue weighted by molar-refractivity contribution is -0.111. The third kappa shape index (κ3) is 2.94. The number of anilines is 2. The van der Waals surface area contributed by atoms with Crippen molar-refractivity contribution in [2.75, 3.05) is 11.1 Å². The van der Waals surface area contributed by atoms with E-state index in [1.165, 1.54) is 6.08 Å². The van der Waals surface area contributed by atoms with Crippen molar-refractivity contribution in [1.82, 2.24) is 0 Å². The first-order valence-corrected chi connectivity index (χ1v) is 4.40. The first-order valence-electron chi connectivity index (χ1n) is 4.40. The van der Waals surface area contributed by atoms with E-state index in [1.54, 1.807) is 12.1 Å². The molecule has 3 heteroatoms. The zero-order chi connectivity index (χ0) is 10.6. The Hall–Kier alpha value is -1.77. The highest BCUT2D eigenvalue weighted by Gasteiger charge is 2.00. The molecule has 3 N–H and O–H groups in total. The normalized spacial score (nSPS) is 9.29. The highest BCUT2D eigenvalue weighted by molar-refractivity contribution is 6.01. The van der Waals surface area contributed by atoms with Crippen LogP contribution in [-0.2, 0) is 4.79 Å². The van der Waals surface area contributed by atoms with E-state index in [1.807, 2.05) is 26.0 Å². The predicted octanol–water partition coefficient (Wildman–Crippen LogP) is 2.17. The van der Waals surface area contributed by atoms with Gasteiger partial charge in [-0.25, -0.2) is 0 Å². The summed E-state index contributed by atoms with van der Waals surface area (Å²) in [5.41, 5.74) is 7.84. The summed E-state index contributed by atoms with van der Waals surface area (Å²) in [4.78, 5) is 11.3. The second-order valence-electron chi connectivity index (χ2n) is 3.30. The van der Waals surface area contributed by atoms with Crippen molar-refractivity contribution < 1.29 is 4.79 Å². The van der Waals surface area contributed by atoms with Crippen LogP contribution in [0.15, 0.2) is 35.9 Å². The zero-order valence-electron chi connectivity index (χ0n) is 8.37. The molecule has 0 aliphatic rings. The van der Waals surface area contributed by atoms with Gasteiger partial charge in [-0.05, 0) is 26.0 Å². The molecule has 1 aromatic carbocycles. The van der Waals surface area contributed by atoms with Crippen molar-refractivity contribution in [1.29, 1.82) is 0 Å². The summed E-state index contributed by atoms with van der Waals surface area (Å²) < 4.78 is 0. The van der Waals surface area contributed by atoms with Gasteiger partial charge in [0.25, 0.3) is 0 Å². The number of benzene rings is 1. The van der Waals surface area contributed by atoms with Crippen LogP contribution in [0.1, 0.15) is 13.8 Å². The van der Waals surface area contributed by atoms with Crippen LogP contribution in [0.5, 0.6) is 0 Å². The Bertz CT molecular complexity index is 365. The molecule has 1 amide bonds. The van der Waals surface area contributed by atoms with Gasteiger partial charge in [0.15, 0.2) is 0 Å². The molecule has 1 rings (SSSR count). The van der Waals surface area contributed by atoms with E-state index in [0.29, 0.717) is 11.4 Å². The third-order valence-corrected chi connectivity index (χ3v) is 1.64. The van der Waals surface area contributed by atoms with Gasteiger partial charge in [-0.1, -0.05) is 17.7 Å². The molecule has 0 bridgehead atoms. The lowest BCUT2D eigenvalue weighted by atomic mass is 10.2. The fourth-order valence-corrected chi connectivity index (χ4v) is 1.04. The molecule has 1 aromatic rings. The number of rotatable bonds is 2. The number of carbonyl (C=O) groups excluding carboxylic acids is 1. The number of allylic oxidation sites excluding steroid dienone is 1. The zero-order valence-corrected chi connectivity index (χ0v) is 8.37. The summed E-state index contributed by atoms with van der Waals surface area (Å²) in [7, 11) is 0. The van der Waals surface area contributed by atoms with Gasteiger partial charge in [0.05, 0.1) is 11.4 Å². The molecule has 0 unspecified atom stereocenters. The van der Waals surface area contributed by atoms with Crippen LogP contribution in [0, 0.1) is 0 Å². The van der Waals surface area contributed by atoms with Gasteiger partial charge in [-0.2, -0.15) is 0 Å². The highest BCUT2D eigenvalue weighted by Crippen LogP contribution is 2.16. The number of amides is 1. The first-order chi connectivity index (χ1) is 6.59. The first kappa shape index (κ1) is 10.3. The Labute approximate surface area is 83.6 Å². The number of hydrogen-bond acceptors (Lipinski definition) is 2. The van der Waals surface area contributed by atoms with Gasteiger partial charge < -0.3 is 11.1 Å². The smallest absolute Gasteiger partial charge is 0.248 e. The van der Waals surface area contributed by atoms with E-state index >= 15 is 0 Å². The van der Waals surface area contributed by atoms with E-state index in [2.05, 4.69) is 5.32 Å². The highest BCUT2D eigenvalue weighted by atomic mass is 16.1. The number of carbonyl (C=O) groups is 1. The molecule has 0 spiro atoms. The quantitative estimate of drug-likeness (QED) is 0.554. The Morgan fingerprint density at radius 2 is 2.00 bits per heavy atom.